The van der Waals surface area contributed by atoms with Crippen LogP contribution in [0.5, 0.6) is 0 Å². The first-order chi connectivity index (χ1) is 8.04. The van der Waals surface area contributed by atoms with Gasteiger partial charge in [0.15, 0.2) is 11.6 Å². The predicted molar refractivity (Wildman–Crippen MR) is 60.8 cm³/mol. The maximum Gasteiger partial charge on any atom is 0.305 e. The van der Waals surface area contributed by atoms with Gasteiger partial charge >= 0.3 is 5.97 Å². The fraction of sp³-hybridized carbons (Fsp3) is 0.417. The van der Waals surface area contributed by atoms with Crippen LogP contribution in [0.3, 0.4) is 0 Å². The molecule has 1 unspecified atom stereocenters. The Balaban J connectivity index is 2.54. The number of hydrogen-bond donors (Lipinski definition) is 0. The van der Waals surface area contributed by atoms with Crippen molar-refractivity contribution in [2.24, 2.45) is 0 Å². The van der Waals surface area contributed by atoms with Gasteiger partial charge in [0.25, 0.3) is 0 Å². The van der Waals surface area contributed by atoms with Crippen LogP contribution in [0.25, 0.3) is 0 Å². The average Bonchev–Trinajstić information content (AvgIpc) is 2.30. The number of ether oxygens (including phenoxy) is 1. The highest BCUT2D eigenvalue weighted by atomic mass is 35.5. The molecule has 17 heavy (non-hydrogen) atoms. The van der Waals surface area contributed by atoms with Crippen molar-refractivity contribution in [2.45, 2.75) is 25.1 Å². The summed E-state index contributed by atoms with van der Waals surface area (Å²) < 4.78 is 30.4. The zero-order valence-corrected chi connectivity index (χ0v) is 10.1. The molecule has 0 aliphatic rings. The van der Waals surface area contributed by atoms with Crippen LogP contribution in [-0.4, -0.2) is 12.6 Å². The molecule has 0 radical (unpaired) electrons. The monoisotopic (exact) mass is 262 g/mol. The molecule has 0 heterocycles. The van der Waals surface area contributed by atoms with Crippen molar-refractivity contribution >= 4 is 17.6 Å². The molecule has 1 aromatic rings. The summed E-state index contributed by atoms with van der Waals surface area (Å²) in [6.07, 6.45) is 0.479. The van der Waals surface area contributed by atoms with Crippen molar-refractivity contribution in [1.82, 2.24) is 0 Å². The molecule has 2 nitrogen and oxygen atoms in total. The molecule has 1 atom stereocenters. The van der Waals surface area contributed by atoms with Gasteiger partial charge in [0, 0.05) is 6.42 Å². The summed E-state index contributed by atoms with van der Waals surface area (Å²) in [7, 11) is 0. The number of rotatable bonds is 5. The average molecular weight is 263 g/mol. The van der Waals surface area contributed by atoms with Gasteiger partial charge in [-0.25, -0.2) is 8.78 Å². The minimum absolute atomic E-state index is 0.154. The molecular weight excluding hydrogens is 250 g/mol. The smallest absolute Gasteiger partial charge is 0.305 e. The van der Waals surface area contributed by atoms with Crippen LogP contribution in [0.2, 0.25) is 0 Å². The van der Waals surface area contributed by atoms with Crippen LogP contribution < -0.4 is 0 Å². The molecule has 5 heteroatoms. The van der Waals surface area contributed by atoms with Crippen molar-refractivity contribution in [2.75, 3.05) is 6.61 Å². The third-order valence-corrected chi connectivity index (χ3v) is 2.68. The quantitative estimate of drug-likeness (QED) is 0.599. The zero-order chi connectivity index (χ0) is 12.8. The summed E-state index contributed by atoms with van der Waals surface area (Å²) in [5.41, 5.74) is 0.454. The van der Waals surface area contributed by atoms with E-state index in [0.29, 0.717) is 18.6 Å². The maximum absolute atomic E-state index is 12.9. The van der Waals surface area contributed by atoms with Crippen LogP contribution in [0.1, 0.15) is 30.7 Å². The summed E-state index contributed by atoms with van der Waals surface area (Å²) in [5.74, 6) is -2.20. The van der Waals surface area contributed by atoms with Crippen molar-refractivity contribution in [3.63, 3.8) is 0 Å². The van der Waals surface area contributed by atoms with Gasteiger partial charge in [-0.1, -0.05) is 6.07 Å². The normalized spacial score (nSPS) is 12.2. The molecule has 0 fully saturated rings. The number of carbonyl (C=O) groups is 1. The summed E-state index contributed by atoms with van der Waals surface area (Å²) in [4.78, 5) is 11.1. The van der Waals surface area contributed by atoms with Crippen LogP contribution in [0.4, 0.5) is 8.78 Å². The molecule has 0 aliphatic carbocycles. The lowest BCUT2D eigenvalue weighted by atomic mass is 10.1. The second-order valence-electron chi connectivity index (χ2n) is 3.48. The van der Waals surface area contributed by atoms with Crippen molar-refractivity contribution in [3.8, 4) is 0 Å². The highest BCUT2D eigenvalue weighted by Gasteiger charge is 2.13. The molecule has 0 aromatic heterocycles. The van der Waals surface area contributed by atoms with E-state index >= 15 is 0 Å². The Bertz CT molecular complexity index is 396. The lowest BCUT2D eigenvalue weighted by Gasteiger charge is -2.09. The Labute approximate surface area is 104 Å². The molecular formula is C12H13ClF2O2. The van der Waals surface area contributed by atoms with Crippen LogP contribution in [0, 0.1) is 11.6 Å². The fourth-order valence-electron chi connectivity index (χ4n) is 1.35. The molecule has 0 bridgehead atoms. The first-order valence-electron chi connectivity index (χ1n) is 5.29. The van der Waals surface area contributed by atoms with E-state index in [0.717, 1.165) is 12.1 Å². The number of benzene rings is 1. The molecule has 0 saturated carbocycles. The van der Waals surface area contributed by atoms with Gasteiger partial charge in [-0.2, -0.15) is 0 Å². The second-order valence-corrected chi connectivity index (χ2v) is 4.01. The first kappa shape index (κ1) is 13.9. The maximum atomic E-state index is 12.9. The van der Waals surface area contributed by atoms with Gasteiger partial charge in [0.1, 0.15) is 0 Å². The summed E-state index contributed by atoms with van der Waals surface area (Å²) in [6, 6.07) is 3.46. The van der Waals surface area contributed by atoms with Crippen molar-refractivity contribution in [3.05, 3.63) is 35.4 Å². The highest BCUT2D eigenvalue weighted by molar-refractivity contribution is 6.20. The van der Waals surface area contributed by atoms with Gasteiger partial charge in [0.05, 0.1) is 12.0 Å². The largest absolute Gasteiger partial charge is 0.466 e. The van der Waals surface area contributed by atoms with E-state index in [1.54, 1.807) is 6.92 Å². The van der Waals surface area contributed by atoms with E-state index in [-0.39, 0.29) is 12.4 Å². The SMILES string of the molecule is CCOC(=O)CCC(Cl)c1ccc(F)c(F)c1. The first-order valence-corrected chi connectivity index (χ1v) is 5.73. The van der Waals surface area contributed by atoms with E-state index in [4.69, 9.17) is 16.3 Å². The van der Waals surface area contributed by atoms with Gasteiger partial charge < -0.3 is 4.74 Å². The number of halogens is 3. The lowest BCUT2D eigenvalue weighted by Crippen LogP contribution is -2.05. The minimum atomic E-state index is -0.940. The van der Waals surface area contributed by atoms with Gasteiger partial charge in [0.2, 0.25) is 0 Å². The Morgan fingerprint density at radius 3 is 2.71 bits per heavy atom. The van der Waals surface area contributed by atoms with Crippen LogP contribution in [-0.2, 0) is 9.53 Å². The van der Waals surface area contributed by atoms with Crippen molar-refractivity contribution < 1.29 is 18.3 Å². The van der Waals surface area contributed by atoms with Crippen LogP contribution >= 0.6 is 11.6 Å². The van der Waals surface area contributed by atoms with E-state index in [1.807, 2.05) is 0 Å². The molecule has 1 aromatic carbocycles. The molecule has 0 aliphatic heterocycles. The number of esters is 1. The highest BCUT2D eigenvalue weighted by Crippen LogP contribution is 2.26. The molecule has 94 valence electrons. The van der Waals surface area contributed by atoms with E-state index < -0.39 is 17.0 Å². The van der Waals surface area contributed by atoms with Gasteiger partial charge in [-0.15, -0.1) is 11.6 Å². The standard InChI is InChI=1S/C12H13ClF2O2/c1-2-17-12(16)6-4-9(13)8-3-5-10(14)11(15)7-8/h3,5,7,9H,2,4,6H2,1H3. The summed E-state index contributed by atoms with van der Waals surface area (Å²) >= 11 is 5.98. The Kier molecular flexibility index (Phi) is 5.35. The number of alkyl halides is 1. The Morgan fingerprint density at radius 2 is 2.12 bits per heavy atom. The molecule has 1 rings (SSSR count). The topological polar surface area (TPSA) is 26.3 Å². The summed E-state index contributed by atoms with van der Waals surface area (Å²) in [6.45, 7) is 2.03. The minimum Gasteiger partial charge on any atom is -0.466 e. The molecule has 0 N–H and O–H groups in total. The van der Waals surface area contributed by atoms with E-state index in [2.05, 4.69) is 0 Å². The zero-order valence-electron chi connectivity index (χ0n) is 9.38. The number of hydrogen-bond acceptors (Lipinski definition) is 2. The van der Waals surface area contributed by atoms with Gasteiger partial charge in [-0.05, 0) is 31.0 Å². The van der Waals surface area contributed by atoms with Gasteiger partial charge in [-0.3, -0.25) is 4.79 Å². The van der Waals surface area contributed by atoms with E-state index in [9.17, 15) is 13.6 Å². The van der Waals surface area contributed by atoms with E-state index in [1.165, 1.54) is 6.07 Å². The third-order valence-electron chi connectivity index (χ3n) is 2.21. The van der Waals surface area contributed by atoms with Crippen molar-refractivity contribution in [1.29, 1.82) is 0 Å². The lowest BCUT2D eigenvalue weighted by molar-refractivity contribution is -0.143. The Hall–Kier alpha value is -1.16. The predicted octanol–water partition coefficient (Wildman–Crippen LogP) is 3.59. The second kappa shape index (κ2) is 6.55. The number of carbonyl (C=O) groups excluding carboxylic acids is 1. The van der Waals surface area contributed by atoms with Crippen LogP contribution in [0.15, 0.2) is 18.2 Å². The molecule has 0 amide bonds. The summed E-state index contributed by atoms with van der Waals surface area (Å²) in [5, 5.41) is -0.533. The molecule has 0 saturated heterocycles. The third kappa shape index (κ3) is 4.30. The molecule has 0 spiro atoms. The Morgan fingerprint density at radius 1 is 1.41 bits per heavy atom. The fourth-order valence-corrected chi connectivity index (χ4v) is 1.60.